The molecule has 1 aromatic carbocycles. The normalized spacial score (nSPS) is 10.9. The SMILES string of the molecule is COC(=O)c1ccc(C=Nn2cc(C)nc2N)cc1I. The summed E-state index contributed by atoms with van der Waals surface area (Å²) < 4.78 is 6.99. The number of ether oxygens (including phenoxy) is 1. The molecule has 104 valence electrons. The van der Waals surface area contributed by atoms with E-state index in [1.165, 1.54) is 11.8 Å². The van der Waals surface area contributed by atoms with Crippen molar-refractivity contribution in [2.24, 2.45) is 5.10 Å². The second-order valence-corrected chi connectivity index (χ2v) is 5.22. The number of rotatable bonds is 3. The van der Waals surface area contributed by atoms with Crippen molar-refractivity contribution in [3.05, 3.63) is 44.8 Å². The van der Waals surface area contributed by atoms with Crippen molar-refractivity contribution in [2.75, 3.05) is 12.8 Å². The zero-order valence-corrected chi connectivity index (χ0v) is 13.2. The molecule has 0 aliphatic rings. The van der Waals surface area contributed by atoms with Gasteiger partial charge in [0.2, 0.25) is 5.95 Å². The van der Waals surface area contributed by atoms with Crippen LogP contribution >= 0.6 is 22.6 Å². The highest BCUT2D eigenvalue weighted by atomic mass is 127. The summed E-state index contributed by atoms with van der Waals surface area (Å²) in [6, 6.07) is 5.34. The number of imidazole rings is 1. The molecule has 0 saturated heterocycles. The fourth-order valence-electron chi connectivity index (χ4n) is 1.61. The molecule has 1 aromatic heterocycles. The summed E-state index contributed by atoms with van der Waals surface area (Å²) in [5.41, 5.74) is 7.88. The molecular weight excluding hydrogens is 371 g/mol. The average Bonchev–Trinajstić information content (AvgIpc) is 2.74. The number of esters is 1. The van der Waals surface area contributed by atoms with Gasteiger partial charge in [-0.15, -0.1) is 0 Å². The third kappa shape index (κ3) is 3.16. The molecule has 0 saturated carbocycles. The number of hydrogen-bond donors (Lipinski definition) is 1. The van der Waals surface area contributed by atoms with E-state index in [-0.39, 0.29) is 5.97 Å². The number of aryl methyl sites for hydroxylation is 1. The van der Waals surface area contributed by atoms with Crippen molar-refractivity contribution in [1.82, 2.24) is 9.66 Å². The molecule has 0 aliphatic heterocycles. The van der Waals surface area contributed by atoms with Gasteiger partial charge in [0, 0.05) is 3.57 Å². The van der Waals surface area contributed by atoms with E-state index in [4.69, 9.17) is 10.5 Å². The molecule has 0 atom stereocenters. The number of carbonyl (C=O) groups excluding carboxylic acids is 1. The van der Waals surface area contributed by atoms with E-state index < -0.39 is 0 Å². The van der Waals surface area contributed by atoms with E-state index in [9.17, 15) is 4.79 Å². The first-order valence-electron chi connectivity index (χ1n) is 5.75. The maximum Gasteiger partial charge on any atom is 0.338 e. The van der Waals surface area contributed by atoms with Crippen molar-refractivity contribution >= 4 is 40.7 Å². The van der Waals surface area contributed by atoms with E-state index in [0.717, 1.165) is 14.8 Å². The maximum atomic E-state index is 11.5. The molecular formula is C13H13IN4O2. The number of carbonyl (C=O) groups is 1. The predicted molar refractivity (Wildman–Crippen MR) is 84.9 cm³/mol. The minimum absolute atomic E-state index is 0.333. The van der Waals surface area contributed by atoms with E-state index in [1.807, 2.05) is 13.0 Å². The van der Waals surface area contributed by atoms with Gasteiger partial charge >= 0.3 is 5.97 Å². The smallest absolute Gasteiger partial charge is 0.338 e. The van der Waals surface area contributed by atoms with Crippen molar-refractivity contribution < 1.29 is 9.53 Å². The highest BCUT2D eigenvalue weighted by molar-refractivity contribution is 14.1. The molecule has 20 heavy (non-hydrogen) atoms. The number of halogens is 1. The number of benzene rings is 1. The number of anilines is 1. The Morgan fingerprint density at radius 3 is 2.85 bits per heavy atom. The fourth-order valence-corrected chi connectivity index (χ4v) is 2.37. The van der Waals surface area contributed by atoms with Crippen LogP contribution in [0, 0.1) is 10.5 Å². The fraction of sp³-hybridized carbons (Fsp3) is 0.154. The van der Waals surface area contributed by atoms with Crippen LogP contribution in [0.3, 0.4) is 0 Å². The number of hydrogen-bond acceptors (Lipinski definition) is 5. The summed E-state index contributed by atoms with van der Waals surface area (Å²) in [6.07, 6.45) is 3.39. The number of nitrogens with two attached hydrogens (primary N) is 1. The van der Waals surface area contributed by atoms with E-state index >= 15 is 0 Å². The minimum atomic E-state index is -0.354. The average molecular weight is 384 g/mol. The molecule has 2 aromatic rings. The number of aromatic nitrogens is 2. The molecule has 0 fully saturated rings. The van der Waals surface area contributed by atoms with E-state index in [2.05, 4.69) is 32.7 Å². The van der Waals surface area contributed by atoms with Crippen molar-refractivity contribution in [3.63, 3.8) is 0 Å². The van der Waals surface area contributed by atoms with Crippen molar-refractivity contribution in [2.45, 2.75) is 6.92 Å². The number of methoxy groups -OCH3 is 1. The van der Waals surface area contributed by atoms with Gasteiger partial charge in [-0.1, -0.05) is 6.07 Å². The zero-order chi connectivity index (χ0) is 14.7. The van der Waals surface area contributed by atoms with E-state index in [1.54, 1.807) is 24.5 Å². The quantitative estimate of drug-likeness (QED) is 0.499. The standard InChI is InChI=1S/C13H13IN4O2/c1-8-7-18(13(15)17-8)16-6-9-3-4-10(11(14)5-9)12(19)20-2/h3-7H,1-2H3,(H2,15,17). The van der Waals surface area contributed by atoms with Crippen LogP contribution in [0.25, 0.3) is 0 Å². The lowest BCUT2D eigenvalue weighted by atomic mass is 10.1. The molecule has 0 bridgehead atoms. The third-order valence-corrected chi connectivity index (χ3v) is 3.46. The van der Waals surface area contributed by atoms with Crippen molar-refractivity contribution in [1.29, 1.82) is 0 Å². The Bertz CT molecular complexity index is 679. The molecule has 0 amide bonds. The molecule has 6 nitrogen and oxygen atoms in total. The van der Waals surface area contributed by atoms with Crippen LogP contribution in [-0.4, -0.2) is 29.0 Å². The summed E-state index contributed by atoms with van der Waals surface area (Å²) in [4.78, 5) is 15.5. The van der Waals surface area contributed by atoms with Crippen LogP contribution in [-0.2, 0) is 4.74 Å². The first kappa shape index (κ1) is 14.5. The minimum Gasteiger partial charge on any atom is -0.465 e. The van der Waals surface area contributed by atoms with Gasteiger partial charge in [-0.2, -0.15) is 5.10 Å². The molecule has 7 heteroatoms. The van der Waals surface area contributed by atoms with Gasteiger partial charge in [-0.25, -0.2) is 14.5 Å². The Balaban J connectivity index is 2.24. The summed E-state index contributed by atoms with van der Waals surface area (Å²) in [5, 5.41) is 4.22. The maximum absolute atomic E-state index is 11.5. The highest BCUT2D eigenvalue weighted by Gasteiger charge is 2.09. The van der Waals surface area contributed by atoms with Crippen molar-refractivity contribution in [3.8, 4) is 0 Å². The van der Waals surface area contributed by atoms with E-state index in [0.29, 0.717) is 11.5 Å². The lowest BCUT2D eigenvalue weighted by Crippen LogP contribution is -2.04. The topological polar surface area (TPSA) is 82.5 Å². The first-order chi connectivity index (χ1) is 9.51. The summed E-state index contributed by atoms with van der Waals surface area (Å²) in [6.45, 7) is 1.84. The molecule has 0 aliphatic carbocycles. The van der Waals surface area contributed by atoms with Gasteiger partial charge in [0.1, 0.15) is 0 Å². The largest absolute Gasteiger partial charge is 0.465 e. The monoisotopic (exact) mass is 384 g/mol. The second kappa shape index (κ2) is 6.04. The molecule has 1 heterocycles. The summed E-state index contributed by atoms with van der Waals surface area (Å²) >= 11 is 2.08. The molecule has 2 N–H and O–H groups in total. The Morgan fingerprint density at radius 1 is 1.55 bits per heavy atom. The lowest BCUT2D eigenvalue weighted by molar-refractivity contribution is 0.0599. The highest BCUT2D eigenvalue weighted by Crippen LogP contribution is 2.15. The van der Waals surface area contributed by atoms with Crippen LogP contribution in [0.5, 0.6) is 0 Å². The second-order valence-electron chi connectivity index (χ2n) is 4.06. The van der Waals surface area contributed by atoms with Gasteiger partial charge in [0.25, 0.3) is 0 Å². The van der Waals surface area contributed by atoms with Gasteiger partial charge in [0.05, 0.1) is 30.8 Å². The molecule has 0 unspecified atom stereocenters. The zero-order valence-electron chi connectivity index (χ0n) is 11.0. The Kier molecular flexibility index (Phi) is 4.38. The molecule has 2 rings (SSSR count). The third-order valence-electron chi connectivity index (χ3n) is 2.56. The predicted octanol–water partition coefficient (Wildman–Crippen LogP) is 2.05. The van der Waals surface area contributed by atoms with Crippen LogP contribution in [0.4, 0.5) is 5.95 Å². The Morgan fingerprint density at radius 2 is 2.30 bits per heavy atom. The van der Waals surface area contributed by atoms with Gasteiger partial charge in [-0.3, -0.25) is 0 Å². The van der Waals surface area contributed by atoms with Gasteiger partial charge in [0.15, 0.2) is 0 Å². The van der Waals surface area contributed by atoms with Crippen LogP contribution in [0.15, 0.2) is 29.5 Å². The number of nitrogens with zero attached hydrogens (tertiary/aromatic N) is 3. The first-order valence-corrected chi connectivity index (χ1v) is 6.83. The van der Waals surface area contributed by atoms with Gasteiger partial charge < -0.3 is 10.5 Å². The van der Waals surface area contributed by atoms with Crippen LogP contribution in [0.2, 0.25) is 0 Å². The summed E-state index contributed by atoms with van der Waals surface area (Å²) in [7, 11) is 1.36. The van der Waals surface area contributed by atoms with Crippen LogP contribution in [0.1, 0.15) is 21.6 Å². The Hall–Kier alpha value is -1.90. The van der Waals surface area contributed by atoms with Gasteiger partial charge in [-0.05, 0) is 47.2 Å². The Labute approximate surface area is 129 Å². The molecule has 0 spiro atoms. The number of nitrogen functional groups attached to an aromatic ring is 1. The molecule has 0 radical (unpaired) electrons. The summed E-state index contributed by atoms with van der Waals surface area (Å²) in [5.74, 6) is -0.0213. The van der Waals surface area contributed by atoms with Crippen LogP contribution < -0.4 is 5.73 Å². The lowest BCUT2D eigenvalue weighted by Gasteiger charge is -2.03.